The highest BCUT2D eigenvalue weighted by molar-refractivity contribution is 5.94. The Morgan fingerprint density at radius 2 is 1.93 bits per heavy atom. The Kier molecular flexibility index (Phi) is 5.06. The summed E-state index contributed by atoms with van der Waals surface area (Å²) in [5.41, 5.74) is 2.73. The fourth-order valence-electron chi connectivity index (χ4n) is 3.56. The van der Waals surface area contributed by atoms with Crippen molar-refractivity contribution in [3.05, 3.63) is 54.6 Å². The van der Waals surface area contributed by atoms with Crippen LogP contribution in [0.5, 0.6) is 0 Å². The molecule has 0 spiro atoms. The smallest absolute Gasteiger partial charge is 0.309 e. The Labute approximate surface area is 163 Å². The number of benzene rings is 1. The van der Waals surface area contributed by atoms with E-state index in [4.69, 9.17) is 4.74 Å². The molecule has 0 saturated carbocycles. The Hall–Kier alpha value is -3.22. The van der Waals surface area contributed by atoms with E-state index < -0.39 is 0 Å². The van der Waals surface area contributed by atoms with Gasteiger partial charge < -0.3 is 14.0 Å². The number of likely N-dealkylation sites (tertiary alicyclic amines) is 1. The predicted octanol–water partition coefficient (Wildman–Crippen LogP) is 2.81. The molecule has 3 heterocycles. The van der Waals surface area contributed by atoms with Gasteiger partial charge >= 0.3 is 5.97 Å². The summed E-state index contributed by atoms with van der Waals surface area (Å²) in [4.78, 5) is 35.6. The largest absolute Gasteiger partial charge is 0.466 e. The first kappa shape index (κ1) is 18.2. The number of carbonyl (C=O) groups excluding carboxylic acids is 2. The monoisotopic (exact) mass is 378 g/mol. The van der Waals surface area contributed by atoms with Gasteiger partial charge in [-0.05, 0) is 19.8 Å². The van der Waals surface area contributed by atoms with Crippen LogP contribution in [0.4, 0.5) is 0 Å². The number of hydrogen-bond donors (Lipinski definition) is 0. The quantitative estimate of drug-likeness (QED) is 0.653. The number of hydrogen-bond acceptors (Lipinski definition) is 5. The summed E-state index contributed by atoms with van der Waals surface area (Å²) < 4.78 is 6.92. The molecule has 0 N–H and O–H groups in total. The van der Waals surface area contributed by atoms with Crippen molar-refractivity contribution in [2.45, 2.75) is 19.8 Å². The Morgan fingerprint density at radius 3 is 2.64 bits per heavy atom. The Morgan fingerprint density at radius 1 is 1.18 bits per heavy atom. The van der Waals surface area contributed by atoms with Crippen LogP contribution in [0.3, 0.4) is 0 Å². The fourth-order valence-corrected chi connectivity index (χ4v) is 3.56. The molecule has 0 atom stereocenters. The van der Waals surface area contributed by atoms with Crippen LogP contribution >= 0.6 is 0 Å². The van der Waals surface area contributed by atoms with Gasteiger partial charge in [-0.2, -0.15) is 0 Å². The zero-order chi connectivity index (χ0) is 19.5. The van der Waals surface area contributed by atoms with Gasteiger partial charge in [-0.15, -0.1) is 0 Å². The van der Waals surface area contributed by atoms with E-state index in [0.29, 0.717) is 43.9 Å². The summed E-state index contributed by atoms with van der Waals surface area (Å²) >= 11 is 0. The lowest BCUT2D eigenvalue weighted by Crippen LogP contribution is -2.40. The van der Waals surface area contributed by atoms with E-state index in [2.05, 4.69) is 9.97 Å². The number of ether oxygens (including phenoxy) is 1. The number of nitrogens with zero attached hydrogens (tertiary/aromatic N) is 4. The molecule has 3 aromatic rings. The van der Waals surface area contributed by atoms with E-state index in [1.165, 1.54) is 0 Å². The van der Waals surface area contributed by atoms with Crippen molar-refractivity contribution in [2.75, 3.05) is 19.7 Å². The van der Waals surface area contributed by atoms with Crippen molar-refractivity contribution in [3.63, 3.8) is 0 Å². The summed E-state index contributed by atoms with van der Waals surface area (Å²) in [5, 5.41) is 0. The number of rotatable bonds is 4. The molecular weight excluding hydrogens is 356 g/mol. The molecule has 1 aromatic carbocycles. The van der Waals surface area contributed by atoms with Gasteiger partial charge in [-0.3, -0.25) is 14.6 Å². The third kappa shape index (κ3) is 3.47. The maximum absolute atomic E-state index is 12.9. The van der Waals surface area contributed by atoms with Gasteiger partial charge in [0.1, 0.15) is 11.4 Å². The molecule has 0 bridgehead atoms. The number of piperidine rings is 1. The summed E-state index contributed by atoms with van der Waals surface area (Å²) in [7, 11) is 0. The highest BCUT2D eigenvalue weighted by Gasteiger charge is 2.29. The third-order valence-corrected chi connectivity index (χ3v) is 5.04. The lowest BCUT2D eigenvalue weighted by Gasteiger charge is -2.30. The Bertz CT molecular complexity index is 991. The Balaban J connectivity index is 1.54. The van der Waals surface area contributed by atoms with Crippen LogP contribution in [0.1, 0.15) is 30.3 Å². The van der Waals surface area contributed by atoms with Crippen LogP contribution in [-0.4, -0.2) is 50.8 Å². The minimum Gasteiger partial charge on any atom is -0.466 e. The van der Waals surface area contributed by atoms with Crippen LogP contribution in [0.2, 0.25) is 0 Å². The number of fused-ring (bicyclic) bond motifs is 1. The molecule has 1 fully saturated rings. The van der Waals surface area contributed by atoms with Gasteiger partial charge in [0.2, 0.25) is 0 Å². The van der Waals surface area contributed by atoms with E-state index in [-0.39, 0.29) is 17.8 Å². The molecule has 0 aliphatic carbocycles. The summed E-state index contributed by atoms with van der Waals surface area (Å²) in [6.45, 7) is 3.25. The van der Waals surface area contributed by atoms with Crippen molar-refractivity contribution in [1.82, 2.24) is 19.3 Å². The maximum Gasteiger partial charge on any atom is 0.309 e. The lowest BCUT2D eigenvalue weighted by molar-refractivity contribution is -0.149. The van der Waals surface area contributed by atoms with E-state index >= 15 is 0 Å². The van der Waals surface area contributed by atoms with E-state index in [1.54, 1.807) is 30.4 Å². The first-order chi connectivity index (χ1) is 13.7. The molecule has 4 rings (SSSR count). The molecule has 0 radical (unpaired) electrons. The molecule has 1 saturated heterocycles. The lowest BCUT2D eigenvalue weighted by atomic mass is 9.97. The molecule has 28 heavy (non-hydrogen) atoms. The molecule has 7 heteroatoms. The number of aromatic nitrogens is 3. The highest BCUT2D eigenvalue weighted by atomic mass is 16.5. The molecule has 1 amide bonds. The second kappa shape index (κ2) is 7.80. The molecule has 0 unspecified atom stereocenters. The van der Waals surface area contributed by atoms with Crippen molar-refractivity contribution in [3.8, 4) is 11.3 Å². The standard InChI is InChI=1S/C21H22N4O3/c1-2-28-21(27)16-8-11-24(12-9-16)20(26)17-14-25-13-10-22-18(19(25)23-17)15-6-4-3-5-7-15/h3-7,10,13-14,16H,2,8-9,11-12H2,1H3. The minimum atomic E-state index is -0.166. The second-order valence-corrected chi connectivity index (χ2v) is 6.82. The summed E-state index contributed by atoms with van der Waals surface area (Å²) in [5.74, 6) is -0.412. The van der Waals surface area contributed by atoms with Gasteiger partial charge in [0, 0.05) is 37.2 Å². The molecule has 1 aliphatic heterocycles. The SMILES string of the molecule is CCOC(=O)C1CCN(C(=O)c2cn3ccnc(-c4ccccc4)c3n2)CC1. The van der Waals surface area contributed by atoms with Gasteiger partial charge in [-0.1, -0.05) is 30.3 Å². The van der Waals surface area contributed by atoms with E-state index in [9.17, 15) is 9.59 Å². The van der Waals surface area contributed by atoms with E-state index in [1.807, 2.05) is 34.7 Å². The maximum atomic E-state index is 12.9. The van der Waals surface area contributed by atoms with Crippen LogP contribution in [0.15, 0.2) is 48.9 Å². The van der Waals surface area contributed by atoms with Crippen molar-refractivity contribution in [2.24, 2.45) is 5.92 Å². The van der Waals surface area contributed by atoms with Crippen LogP contribution in [0, 0.1) is 5.92 Å². The first-order valence-electron chi connectivity index (χ1n) is 9.52. The van der Waals surface area contributed by atoms with Gasteiger partial charge in [0.15, 0.2) is 5.65 Å². The number of carbonyl (C=O) groups is 2. The van der Waals surface area contributed by atoms with E-state index in [0.717, 1.165) is 11.3 Å². The number of imidazole rings is 1. The summed E-state index contributed by atoms with van der Waals surface area (Å²) in [6, 6.07) is 9.79. The average Bonchev–Trinajstić information content (AvgIpc) is 3.18. The zero-order valence-electron chi connectivity index (χ0n) is 15.7. The van der Waals surface area contributed by atoms with Gasteiger partial charge in [-0.25, -0.2) is 4.98 Å². The molecule has 7 nitrogen and oxygen atoms in total. The second-order valence-electron chi connectivity index (χ2n) is 6.82. The zero-order valence-corrected chi connectivity index (χ0v) is 15.7. The first-order valence-corrected chi connectivity index (χ1v) is 9.52. The van der Waals surface area contributed by atoms with Crippen molar-refractivity contribution in [1.29, 1.82) is 0 Å². The van der Waals surface area contributed by atoms with Crippen LogP contribution < -0.4 is 0 Å². The summed E-state index contributed by atoms with van der Waals surface area (Å²) in [6.07, 6.45) is 6.47. The third-order valence-electron chi connectivity index (χ3n) is 5.04. The highest BCUT2D eigenvalue weighted by Crippen LogP contribution is 2.23. The van der Waals surface area contributed by atoms with Gasteiger partial charge in [0.05, 0.1) is 12.5 Å². The topological polar surface area (TPSA) is 76.8 Å². The van der Waals surface area contributed by atoms with Crippen LogP contribution in [-0.2, 0) is 9.53 Å². The normalized spacial score (nSPS) is 15.0. The fraction of sp³-hybridized carbons (Fsp3) is 0.333. The van der Waals surface area contributed by atoms with Gasteiger partial charge in [0.25, 0.3) is 5.91 Å². The molecular formula is C21H22N4O3. The van der Waals surface area contributed by atoms with Crippen LogP contribution in [0.25, 0.3) is 16.9 Å². The number of esters is 1. The average molecular weight is 378 g/mol. The minimum absolute atomic E-state index is 0.120. The molecule has 1 aliphatic rings. The predicted molar refractivity (Wildman–Crippen MR) is 104 cm³/mol. The van der Waals surface area contributed by atoms with Crippen molar-refractivity contribution < 1.29 is 14.3 Å². The van der Waals surface area contributed by atoms with Crippen molar-refractivity contribution >= 4 is 17.5 Å². The molecule has 144 valence electrons. The molecule has 2 aromatic heterocycles. The number of amides is 1.